The summed E-state index contributed by atoms with van der Waals surface area (Å²) in [6.07, 6.45) is 1.07. The average Bonchev–Trinajstić information content (AvgIpc) is 2.62. The number of carbonyl (C=O) groups is 2. The molecule has 3 amide bonds. The minimum atomic E-state index is -0.716. The Morgan fingerprint density at radius 3 is 2.32 bits per heavy atom. The van der Waals surface area contributed by atoms with Crippen molar-refractivity contribution in [2.24, 2.45) is 5.73 Å². The molecule has 0 bridgehead atoms. The molecular weight excluding hydrogens is 318 g/mol. The largest absolute Gasteiger partial charge is 0.497 e. The molecule has 132 valence electrons. The van der Waals surface area contributed by atoms with Gasteiger partial charge < -0.3 is 21.1 Å². The van der Waals surface area contributed by atoms with Gasteiger partial charge in [0.05, 0.1) is 7.11 Å². The third-order valence-corrected chi connectivity index (χ3v) is 3.79. The topological polar surface area (TPSA) is 93.4 Å². The highest BCUT2D eigenvalue weighted by Crippen LogP contribution is 2.11. The Labute approximate surface area is 147 Å². The van der Waals surface area contributed by atoms with Crippen LogP contribution >= 0.6 is 0 Å². The number of amides is 3. The third kappa shape index (κ3) is 6.18. The minimum Gasteiger partial charge on any atom is -0.497 e. The van der Waals surface area contributed by atoms with E-state index in [1.165, 1.54) is 0 Å². The van der Waals surface area contributed by atoms with Gasteiger partial charge in [0.25, 0.3) is 0 Å². The first-order valence-corrected chi connectivity index (χ1v) is 8.09. The number of rotatable bonds is 8. The van der Waals surface area contributed by atoms with E-state index >= 15 is 0 Å². The quantitative estimate of drug-likeness (QED) is 0.681. The molecule has 0 saturated heterocycles. The molecule has 4 N–H and O–H groups in total. The zero-order chi connectivity index (χ0) is 18.1. The summed E-state index contributed by atoms with van der Waals surface area (Å²) in [4.78, 5) is 23.6. The minimum absolute atomic E-state index is 0.254. The Morgan fingerprint density at radius 2 is 1.72 bits per heavy atom. The lowest BCUT2D eigenvalue weighted by Gasteiger charge is -2.17. The van der Waals surface area contributed by atoms with Gasteiger partial charge in [0, 0.05) is 13.0 Å². The summed E-state index contributed by atoms with van der Waals surface area (Å²) < 4.78 is 5.12. The normalized spacial score (nSPS) is 11.4. The summed E-state index contributed by atoms with van der Waals surface area (Å²) in [5, 5.41) is 5.35. The van der Waals surface area contributed by atoms with Crippen molar-refractivity contribution >= 4 is 11.9 Å². The molecule has 0 saturated carbocycles. The summed E-state index contributed by atoms with van der Waals surface area (Å²) in [6, 6.07) is 15.7. The highest BCUT2D eigenvalue weighted by Gasteiger charge is 2.19. The monoisotopic (exact) mass is 341 g/mol. The van der Waals surface area contributed by atoms with Crippen molar-refractivity contribution in [3.8, 4) is 5.75 Å². The van der Waals surface area contributed by atoms with Gasteiger partial charge >= 0.3 is 6.03 Å². The lowest BCUT2D eigenvalue weighted by atomic mass is 10.1. The van der Waals surface area contributed by atoms with E-state index in [0.717, 1.165) is 16.9 Å². The predicted octanol–water partition coefficient (Wildman–Crippen LogP) is 1.63. The fraction of sp³-hybridized carbons (Fsp3) is 0.263. The summed E-state index contributed by atoms with van der Waals surface area (Å²) in [6.45, 7) is 0.469. The van der Waals surface area contributed by atoms with Gasteiger partial charge in [-0.25, -0.2) is 4.79 Å². The summed E-state index contributed by atoms with van der Waals surface area (Å²) in [7, 11) is 1.62. The summed E-state index contributed by atoms with van der Waals surface area (Å²) in [5.41, 5.74) is 7.23. The molecular formula is C19H23N3O3. The van der Waals surface area contributed by atoms with Gasteiger partial charge in [-0.05, 0) is 29.7 Å². The van der Waals surface area contributed by atoms with Crippen molar-refractivity contribution in [3.63, 3.8) is 0 Å². The lowest BCUT2D eigenvalue weighted by Crippen LogP contribution is -2.50. The molecule has 0 fully saturated rings. The van der Waals surface area contributed by atoms with E-state index in [0.29, 0.717) is 19.4 Å². The van der Waals surface area contributed by atoms with Crippen molar-refractivity contribution in [1.82, 2.24) is 10.6 Å². The number of methoxy groups -OCH3 is 1. The maximum atomic E-state index is 12.4. The van der Waals surface area contributed by atoms with E-state index in [4.69, 9.17) is 10.5 Å². The van der Waals surface area contributed by atoms with E-state index < -0.39 is 12.1 Å². The molecule has 2 aromatic rings. The zero-order valence-electron chi connectivity index (χ0n) is 14.2. The van der Waals surface area contributed by atoms with Crippen LogP contribution in [0.5, 0.6) is 5.75 Å². The highest BCUT2D eigenvalue weighted by molar-refractivity contribution is 5.86. The molecule has 6 nitrogen and oxygen atoms in total. The van der Waals surface area contributed by atoms with Crippen molar-refractivity contribution < 1.29 is 14.3 Å². The second-order valence-corrected chi connectivity index (χ2v) is 5.64. The number of nitrogens with one attached hydrogen (secondary N) is 2. The molecule has 0 unspecified atom stereocenters. The van der Waals surface area contributed by atoms with Gasteiger partial charge in [-0.1, -0.05) is 42.5 Å². The first-order chi connectivity index (χ1) is 12.1. The van der Waals surface area contributed by atoms with Crippen molar-refractivity contribution in [1.29, 1.82) is 0 Å². The van der Waals surface area contributed by atoms with Crippen LogP contribution < -0.4 is 21.1 Å². The van der Waals surface area contributed by atoms with Gasteiger partial charge in [-0.3, -0.25) is 4.79 Å². The number of urea groups is 1. The molecule has 0 radical (unpaired) electrons. The zero-order valence-corrected chi connectivity index (χ0v) is 14.2. The van der Waals surface area contributed by atoms with Gasteiger partial charge in [0.1, 0.15) is 11.8 Å². The van der Waals surface area contributed by atoms with E-state index in [1.807, 2.05) is 54.6 Å². The van der Waals surface area contributed by atoms with E-state index in [2.05, 4.69) is 10.6 Å². The fourth-order valence-corrected chi connectivity index (χ4v) is 2.48. The molecule has 25 heavy (non-hydrogen) atoms. The fourth-order valence-electron chi connectivity index (χ4n) is 2.48. The van der Waals surface area contributed by atoms with Crippen LogP contribution in [0.25, 0.3) is 0 Å². The van der Waals surface area contributed by atoms with Crippen LogP contribution in [-0.4, -0.2) is 31.6 Å². The van der Waals surface area contributed by atoms with Crippen LogP contribution in [0.3, 0.4) is 0 Å². The second kappa shape index (κ2) is 9.32. The Balaban J connectivity index is 1.88. The second-order valence-electron chi connectivity index (χ2n) is 5.64. The first-order valence-electron chi connectivity index (χ1n) is 8.09. The van der Waals surface area contributed by atoms with Crippen molar-refractivity contribution in [2.45, 2.75) is 18.9 Å². The van der Waals surface area contributed by atoms with Gasteiger partial charge in [0.15, 0.2) is 0 Å². The predicted molar refractivity (Wildman–Crippen MR) is 96.4 cm³/mol. The number of hydrogen-bond acceptors (Lipinski definition) is 3. The van der Waals surface area contributed by atoms with Crippen LogP contribution in [0.1, 0.15) is 11.1 Å². The number of benzene rings is 2. The average molecular weight is 341 g/mol. The highest BCUT2D eigenvalue weighted by atomic mass is 16.5. The molecule has 0 heterocycles. The van der Waals surface area contributed by atoms with E-state index in [1.54, 1.807) is 7.11 Å². The summed E-state index contributed by atoms with van der Waals surface area (Å²) in [5.74, 6) is 0.539. The smallest absolute Gasteiger partial charge is 0.312 e. The summed E-state index contributed by atoms with van der Waals surface area (Å²) >= 11 is 0. The van der Waals surface area contributed by atoms with E-state index in [-0.39, 0.29) is 5.91 Å². The Bertz CT molecular complexity index is 687. The molecule has 2 aromatic carbocycles. The Kier molecular flexibility index (Phi) is 6.83. The number of primary amides is 1. The van der Waals surface area contributed by atoms with Crippen molar-refractivity contribution in [2.75, 3.05) is 13.7 Å². The molecule has 0 aromatic heterocycles. The standard InChI is InChI=1S/C19H23N3O3/c1-25-16-9-7-14(8-10-16)11-12-21-18(23)17(22-19(20)24)13-15-5-3-2-4-6-15/h2-10,17H,11-13H2,1H3,(H,21,23)(H3,20,22,24)/t17-/m0/s1. The van der Waals surface area contributed by atoms with Gasteiger partial charge in [-0.2, -0.15) is 0 Å². The van der Waals surface area contributed by atoms with Crippen LogP contribution in [0.15, 0.2) is 54.6 Å². The lowest BCUT2D eigenvalue weighted by molar-refractivity contribution is -0.122. The van der Waals surface area contributed by atoms with Crippen LogP contribution in [0.2, 0.25) is 0 Å². The first kappa shape index (κ1) is 18.3. The molecule has 0 spiro atoms. The maximum absolute atomic E-state index is 12.4. The van der Waals surface area contributed by atoms with Gasteiger partial charge in [0.2, 0.25) is 5.91 Å². The molecule has 2 rings (SSSR count). The molecule has 1 atom stereocenters. The third-order valence-electron chi connectivity index (χ3n) is 3.79. The number of carbonyl (C=O) groups excluding carboxylic acids is 2. The molecule has 6 heteroatoms. The van der Waals surface area contributed by atoms with Crippen LogP contribution in [0.4, 0.5) is 4.79 Å². The number of ether oxygens (including phenoxy) is 1. The number of hydrogen-bond donors (Lipinski definition) is 3. The van der Waals surface area contributed by atoms with Crippen LogP contribution in [0, 0.1) is 0 Å². The maximum Gasteiger partial charge on any atom is 0.312 e. The molecule has 0 aliphatic carbocycles. The van der Waals surface area contributed by atoms with Gasteiger partial charge in [-0.15, -0.1) is 0 Å². The molecule has 0 aliphatic heterocycles. The Hall–Kier alpha value is -3.02. The van der Waals surface area contributed by atoms with Crippen LogP contribution in [-0.2, 0) is 17.6 Å². The number of nitrogens with two attached hydrogens (primary N) is 1. The van der Waals surface area contributed by atoms with Crippen molar-refractivity contribution in [3.05, 3.63) is 65.7 Å². The SMILES string of the molecule is COc1ccc(CCNC(=O)[C@H](Cc2ccccc2)NC(N)=O)cc1. The Morgan fingerprint density at radius 1 is 1.04 bits per heavy atom. The molecule has 0 aliphatic rings. The van der Waals surface area contributed by atoms with E-state index in [9.17, 15) is 9.59 Å².